The molecule has 0 saturated heterocycles. The van der Waals surface area contributed by atoms with Gasteiger partial charge in [0, 0.05) is 5.56 Å². The normalized spacial score (nSPS) is 15.5. The van der Waals surface area contributed by atoms with Crippen molar-refractivity contribution < 1.29 is 36.2 Å². The molecule has 0 aromatic heterocycles. The first kappa shape index (κ1) is 14.3. The number of halogens is 6. The molecule has 0 radical (unpaired) electrons. The van der Waals surface area contributed by atoms with E-state index in [0.29, 0.717) is 12.1 Å². The van der Waals surface area contributed by atoms with Crippen molar-refractivity contribution in [2.75, 3.05) is 0 Å². The molecule has 1 aromatic carbocycles. The minimum absolute atomic E-state index is 0.378. The average Bonchev–Trinajstić information content (AvgIpc) is 2.26. The molecule has 0 aliphatic carbocycles. The van der Waals surface area contributed by atoms with Crippen LogP contribution in [0.1, 0.15) is 15.9 Å². The predicted molar refractivity (Wildman–Crippen MR) is 48.2 cm³/mol. The standard InChI is InChI=1S/C10H6F6O2/c11-8(12)9(13,10(14,15)16)6-4-2-1-3-5(6)7(17)18/h1-4,8H,(H,17,18). The Kier molecular flexibility index (Phi) is 3.59. The molecule has 0 saturated carbocycles. The molecule has 100 valence electrons. The van der Waals surface area contributed by atoms with E-state index in [1.807, 2.05) is 0 Å². The first-order valence-corrected chi connectivity index (χ1v) is 4.49. The molecule has 0 fully saturated rings. The molecule has 1 unspecified atom stereocenters. The van der Waals surface area contributed by atoms with Gasteiger partial charge in [-0.2, -0.15) is 13.2 Å². The van der Waals surface area contributed by atoms with Gasteiger partial charge in [-0.3, -0.25) is 0 Å². The second-order valence-electron chi connectivity index (χ2n) is 3.36. The highest BCUT2D eigenvalue weighted by Crippen LogP contribution is 2.47. The van der Waals surface area contributed by atoms with E-state index in [4.69, 9.17) is 5.11 Å². The van der Waals surface area contributed by atoms with E-state index in [1.165, 1.54) is 0 Å². The molecule has 0 amide bonds. The summed E-state index contributed by atoms with van der Waals surface area (Å²) in [6, 6.07) is 2.86. The van der Waals surface area contributed by atoms with Crippen LogP contribution in [0.15, 0.2) is 24.3 Å². The summed E-state index contributed by atoms with van der Waals surface area (Å²) in [5.41, 5.74) is -7.78. The molecular formula is C10H6F6O2. The van der Waals surface area contributed by atoms with Crippen molar-refractivity contribution in [2.45, 2.75) is 18.3 Å². The number of carboxylic acid groups (broad SMARTS) is 1. The van der Waals surface area contributed by atoms with Crippen LogP contribution in [0.3, 0.4) is 0 Å². The third-order valence-corrected chi connectivity index (χ3v) is 2.26. The molecule has 0 aliphatic rings. The first-order chi connectivity index (χ1) is 8.12. The number of hydrogen-bond acceptors (Lipinski definition) is 1. The number of carbonyl (C=O) groups is 1. The summed E-state index contributed by atoms with van der Waals surface area (Å²) in [6.07, 6.45) is -10.4. The van der Waals surface area contributed by atoms with Crippen LogP contribution in [-0.2, 0) is 5.67 Å². The Morgan fingerprint density at radius 3 is 2.00 bits per heavy atom. The molecule has 8 heteroatoms. The Morgan fingerprint density at radius 1 is 1.11 bits per heavy atom. The van der Waals surface area contributed by atoms with Crippen molar-refractivity contribution >= 4 is 5.97 Å². The lowest BCUT2D eigenvalue weighted by Gasteiger charge is -2.28. The minimum atomic E-state index is -5.92. The highest BCUT2D eigenvalue weighted by atomic mass is 19.4. The van der Waals surface area contributed by atoms with E-state index in [1.54, 1.807) is 0 Å². The van der Waals surface area contributed by atoms with Gasteiger partial charge in [0.2, 0.25) is 0 Å². The maximum Gasteiger partial charge on any atom is 0.432 e. The minimum Gasteiger partial charge on any atom is -0.478 e. The van der Waals surface area contributed by atoms with Gasteiger partial charge in [-0.1, -0.05) is 18.2 Å². The molecule has 1 aromatic rings. The van der Waals surface area contributed by atoms with Gasteiger partial charge in [0.05, 0.1) is 5.56 Å². The summed E-state index contributed by atoms with van der Waals surface area (Å²) < 4.78 is 75.8. The van der Waals surface area contributed by atoms with E-state index in [0.717, 1.165) is 12.1 Å². The number of hydrogen-bond donors (Lipinski definition) is 1. The van der Waals surface area contributed by atoms with Crippen molar-refractivity contribution in [1.29, 1.82) is 0 Å². The fourth-order valence-corrected chi connectivity index (χ4v) is 1.38. The molecule has 1 N–H and O–H groups in total. The Labute approximate surface area is 96.8 Å². The highest BCUT2D eigenvalue weighted by molar-refractivity contribution is 5.89. The van der Waals surface area contributed by atoms with Crippen molar-refractivity contribution in [3.05, 3.63) is 35.4 Å². The number of aromatic carboxylic acids is 1. The van der Waals surface area contributed by atoms with Crippen molar-refractivity contribution in [1.82, 2.24) is 0 Å². The maximum atomic E-state index is 13.6. The summed E-state index contributed by atoms with van der Waals surface area (Å²) in [6.45, 7) is 0. The van der Waals surface area contributed by atoms with E-state index in [2.05, 4.69) is 0 Å². The van der Waals surface area contributed by atoms with E-state index < -0.39 is 35.4 Å². The van der Waals surface area contributed by atoms with Crippen LogP contribution in [0.5, 0.6) is 0 Å². The predicted octanol–water partition coefficient (Wildman–Crippen LogP) is 3.38. The zero-order chi connectivity index (χ0) is 14.1. The summed E-state index contributed by atoms with van der Waals surface area (Å²) in [7, 11) is 0. The van der Waals surface area contributed by atoms with Gasteiger partial charge in [-0.15, -0.1) is 0 Å². The Bertz CT molecular complexity index is 456. The molecular weight excluding hydrogens is 266 g/mol. The highest BCUT2D eigenvalue weighted by Gasteiger charge is 2.64. The zero-order valence-electron chi connectivity index (χ0n) is 8.51. The lowest BCUT2D eigenvalue weighted by Crippen LogP contribution is -2.45. The zero-order valence-corrected chi connectivity index (χ0v) is 8.51. The van der Waals surface area contributed by atoms with Crippen LogP contribution < -0.4 is 0 Å². The SMILES string of the molecule is O=C(O)c1ccccc1C(F)(C(F)F)C(F)(F)F. The van der Waals surface area contributed by atoms with Crippen molar-refractivity contribution in [3.8, 4) is 0 Å². The fourth-order valence-electron chi connectivity index (χ4n) is 1.38. The smallest absolute Gasteiger partial charge is 0.432 e. The monoisotopic (exact) mass is 272 g/mol. The van der Waals surface area contributed by atoms with Gasteiger partial charge in [-0.05, 0) is 6.07 Å². The van der Waals surface area contributed by atoms with E-state index in [9.17, 15) is 31.1 Å². The summed E-state index contributed by atoms with van der Waals surface area (Å²) in [4.78, 5) is 10.6. The van der Waals surface area contributed by atoms with E-state index in [-0.39, 0.29) is 0 Å². The summed E-state index contributed by atoms with van der Waals surface area (Å²) in [5.74, 6) is -1.92. The topological polar surface area (TPSA) is 37.3 Å². The number of benzene rings is 1. The second-order valence-corrected chi connectivity index (χ2v) is 3.36. The largest absolute Gasteiger partial charge is 0.478 e. The van der Waals surface area contributed by atoms with Crippen LogP contribution >= 0.6 is 0 Å². The van der Waals surface area contributed by atoms with Crippen molar-refractivity contribution in [3.63, 3.8) is 0 Å². The molecule has 0 aliphatic heterocycles. The van der Waals surface area contributed by atoms with Gasteiger partial charge in [0.15, 0.2) is 0 Å². The Balaban J connectivity index is 3.55. The molecule has 0 heterocycles. The van der Waals surface area contributed by atoms with Gasteiger partial charge in [0.1, 0.15) is 0 Å². The molecule has 0 spiro atoms. The number of alkyl halides is 6. The fraction of sp³-hybridized carbons (Fsp3) is 0.300. The van der Waals surface area contributed by atoms with Crippen LogP contribution in [0.2, 0.25) is 0 Å². The number of carboxylic acids is 1. The Morgan fingerprint density at radius 2 is 1.61 bits per heavy atom. The molecule has 1 rings (SSSR count). The molecule has 18 heavy (non-hydrogen) atoms. The Hall–Kier alpha value is -1.73. The van der Waals surface area contributed by atoms with Crippen LogP contribution in [0, 0.1) is 0 Å². The first-order valence-electron chi connectivity index (χ1n) is 4.49. The second kappa shape index (κ2) is 4.51. The van der Waals surface area contributed by atoms with Gasteiger partial charge in [-0.25, -0.2) is 18.0 Å². The van der Waals surface area contributed by atoms with E-state index >= 15 is 0 Å². The number of rotatable bonds is 3. The maximum absolute atomic E-state index is 13.6. The van der Waals surface area contributed by atoms with Crippen LogP contribution in [0.25, 0.3) is 0 Å². The molecule has 1 atom stereocenters. The molecule has 2 nitrogen and oxygen atoms in total. The van der Waals surface area contributed by atoms with Gasteiger partial charge in [0.25, 0.3) is 12.1 Å². The van der Waals surface area contributed by atoms with Crippen molar-refractivity contribution in [2.24, 2.45) is 0 Å². The quantitative estimate of drug-likeness (QED) is 0.856. The lowest BCUT2D eigenvalue weighted by atomic mass is 9.91. The third kappa shape index (κ3) is 2.14. The summed E-state index contributed by atoms with van der Waals surface area (Å²) >= 11 is 0. The van der Waals surface area contributed by atoms with Crippen LogP contribution in [-0.4, -0.2) is 23.7 Å². The van der Waals surface area contributed by atoms with Gasteiger partial charge >= 0.3 is 12.1 Å². The summed E-state index contributed by atoms with van der Waals surface area (Å²) in [5, 5.41) is 8.60. The third-order valence-electron chi connectivity index (χ3n) is 2.26. The van der Waals surface area contributed by atoms with Gasteiger partial charge < -0.3 is 5.11 Å². The molecule has 0 bridgehead atoms. The van der Waals surface area contributed by atoms with Crippen LogP contribution in [0.4, 0.5) is 26.3 Å². The average molecular weight is 272 g/mol. The lowest BCUT2D eigenvalue weighted by molar-refractivity contribution is -0.274.